The Morgan fingerprint density at radius 1 is 1.26 bits per heavy atom. The van der Waals surface area contributed by atoms with Crippen molar-refractivity contribution in [3.05, 3.63) is 65.6 Å². The summed E-state index contributed by atoms with van der Waals surface area (Å²) in [7, 11) is 0. The van der Waals surface area contributed by atoms with Gasteiger partial charge in [0.15, 0.2) is 11.3 Å². The first kappa shape index (κ1) is 13.9. The van der Waals surface area contributed by atoms with E-state index in [4.69, 9.17) is 0 Å². The summed E-state index contributed by atoms with van der Waals surface area (Å²) in [6.07, 6.45) is 7.43. The van der Waals surface area contributed by atoms with E-state index in [2.05, 4.69) is 9.97 Å². The lowest BCUT2D eigenvalue weighted by Crippen LogP contribution is -2.39. The van der Waals surface area contributed by atoms with Gasteiger partial charge >= 0.3 is 0 Å². The third-order valence-corrected chi connectivity index (χ3v) is 4.42. The molecule has 23 heavy (non-hydrogen) atoms. The summed E-state index contributed by atoms with van der Waals surface area (Å²) in [5, 5.41) is 0. The number of carbonyl (C=O) groups excluding carboxylic acids is 1. The van der Waals surface area contributed by atoms with Crippen molar-refractivity contribution in [2.75, 3.05) is 6.54 Å². The van der Waals surface area contributed by atoms with Crippen LogP contribution in [0.3, 0.4) is 0 Å². The van der Waals surface area contributed by atoms with Crippen LogP contribution in [0.25, 0.3) is 5.65 Å². The van der Waals surface area contributed by atoms with Crippen LogP contribution in [0.15, 0.2) is 43.0 Å². The highest BCUT2D eigenvalue weighted by Crippen LogP contribution is 2.31. The van der Waals surface area contributed by atoms with Gasteiger partial charge in [0.05, 0.1) is 6.04 Å². The van der Waals surface area contributed by atoms with Gasteiger partial charge in [-0.15, -0.1) is 0 Å². The van der Waals surface area contributed by atoms with Crippen LogP contribution in [-0.2, 0) is 6.42 Å². The summed E-state index contributed by atoms with van der Waals surface area (Å²) in [5.41, 5.74) is 2.85. The average molecular weight is 310 g/mol. The number of aromatic nitrogens is 3. The van der Waals surface area contributed by atoms with Crippen molar-refractivity contribution in [2.45, 2.75) is 19.4 Å². The first-order chi connectivity index (χ1) is 11.1. The summed E-state index contributed by atoms with van der Waals surface area (Å²) < 4.78 is 15.2. The van der Waals surface area contributed by atoms with Crippen molar-refractivity contribution >= 4 is 11.6 Å². The molecule has 1 amide bonds. The van der Waals surface area contributed by atoms with E-state index in [0.717, 1.165) is 11.1 Å². The number of benzene rings is 1. The van der Waals surface area contributed by atoms with Gasteiger partial charge in [-0.3, -0.25) is 4.79 Å². The van der Waals surface area contributed by atoms with Crippen molar-refractivity contribution in [1.29, 1.82) is 0 Å². The molecule has 1 aromatic carbocycles. The third-order valence-electron chi connectivity index (χ3n) is 4.42. The van der Waals surface area contributed by atoms with E-state index in [1.165, 1.54) is 6.07 Å². The molecule has 3 heterocycles. The summed E-state index contributed by atoms with van der Waals surface area (Å²) in [6, 6.07) is 4.64. The lowest BCUT2D eigenvalue weighted by Gasteiger charge is -2.35. The molecular weight excluding hydrogens is 295 g/mol. The Balaban J connectivity index is 1.72. The van der Waals surface area contributed by atoms with Gasteiger partial charge in [-0.2, -0.15) is 0 Å². The molecule has 3 aromatic rings. The number of nitrogens with zero attached hydrogens (tertiary/aromatic N) is 4. The van der Waals surface area contributed by atoms with Gasteiger partial charge < -0.3 is 9.30 Å². The molecular formula is C17H15FN4O. The van der Waals surface area contributed by atoms with Crippen LogP contribution in [0.5, 0.6) is 0 Å². The third kappa shape index (κ3) is 2.18. The smallest absolute Gasteiger partial charge is 0.276 e. The largest absolute Gasteiger partial charge is 0.330 e. The Kier molecular flexibility index (Phi) is 3.11. The Hall–Kier alpha value is -2.76. The molecule has 1 atom stereocenters. The van der Waals surface area contributed by atoms with E-state index in [-0.39, 0.29) is 17.8 Å². The topological polar surface area (TPSA) is 50.5 Å². The van der Waals surface area contributed by atoms with Crippen LogP contribution in [0.1, 0.15) is 34.6 Å². The minimum atomic E-state index is -0.237. The Morgan fingerprint density at radius 2 is 2.04 bits per heavy atom. The number of rotatable bonds is 1. The zero-order valence-electron chi connectivity index (χ0n) is 12.6. The first-order valence-electron chi connectivity index (χ1n) is 7.52. The fourth-order valence-electron chi connectivity index (χ4n) is 3.22. The molecule has 0 saturated carbocycles. The Bertz CT molecular complexity index is 904. The number of amides is 1. The van der Waals surface area contributed by atoms with Crippen LogP contribution in [0, 0.1) is 5.82 Å². The number of imidazole rings is 1. The highest BCUT2D eigenvalue weighted by Gasteiger charge is 2.30. The zero-order valence-corrected chi connectivity index (χ0v) is 12.6. The molecule has 1 aliphatic heterocycles. The maximum absolute atomic E-state index is 13.4. The van der Waals surface area contributed by atoms with Gasteiger partial charge in [-0.25, -0.2) is 14.4 Å². The zero-order chi connectivity index (χ0) is 16.0. The Labute approximate surface area is 132 Å². The van der Waals surface area contributed by atoms with Crippen LogP contribution >= 0.6 is 0 Å². The minimum Gasteiger partial charge on any atom is -0.330 e. The summed E-state index contributed by atoms with van der Waals surface area (Å²) >= 11 is 0. The van der Waals surface area contributed by atoms with Gasteiger partial charge in [0, 0.05) is 31.3 Å². The van der Waals surface area contributed by atoms with E-state index < -0.39 is 0 Å². The molecule has 116 valence electrons. The molecule has 0 radical (unpaired) electrons. The number of carbonyl (C=O) groups is 1. The number of hydrogen-bond donors (Lipinski definition) is 0. The van der Waals surface area contributed by atoms with Gasteiger partial charge in [-0.05, 0) is 36.6 Å². The predicted molar refractivity (Wildman–Crippen MR) is 82.5 cm³/mol. The molecule has 5 nitrogen and oxygen atoms in total. The highest BCUT2D eigenvalue weighted by molar-refractivity contribution is 5.98. The van der Waals surface area contributed by atoms with Crippen LogP contribution in [0.4, 0.5) is 4.39 Å². The van der Waals surface area contributed by atoms with E-state index in [0.29, 0.717) is 24.3 Å². The van der Waals surface area contributed by atoms with Crippen molar-refractivity contribution in [3.63, 3.8) is 0 Å². The molecule has 0 aliphatic carbocycles. The normalized spacial score (nSPS) is 17.3. The fourth-order valence-corrected chi connectivity index (χ4v) is 3.22. The van der Waals surface area contributed by atoms with Crippen molar-refractivity contribution in [1.82, 2.24) is 19.3 Å². The average Bonchev–Trinajstić information content (AvgIpc) is 3.03. The van der Waals surface area contributed by atoms with Gasteiger partial charge in [0.1, 0.15) is 5.82 Å². The summed E-state index contributed by atoms with van der Waals surface area (Å²) in [4.78, 5) is 23.2. The van der Waals surface area contributed by atoms with Gasteiger partial charge in [-0.1, -0.05) is 6.07 Å². The SMILES string of the molecule is C[C@H]1c2ccc(F)cc2CCN1C(=O)c1nccn2ccnc12. The highest BCUT2D eigenvalue weighted by atomic mass is 19.1. The second kappa shape index (κ2) is 5.15. The van der Waals surface area contributed by atoms with Gasteiger partial charge in [0.25, 0.3) is 5.91 Å². The van der Waals surface area contributed by atoms with Crippen molar-refractivity contribution < 1.29 is 9.18 Å². The lowest BCUT2D eigenvalue weighted by molar-refractivity contribution is 0.0673. The quantitative estimate of drug-likeness (QED) is 0.694. The van der Waals surface area contributed by atoms with Crippen LogP contribution in [0.2, 0.25) is 0 Å². The first-order valence-corrected chi connectivity index (χ1v) is 7.52. The van der Waals surface area contributed by atoms with Gasteiger partial charge in [0.2, 0.25) is 0 Å². The number of fused-ring (bicyclic) bond motifs is 2. The van der Waals surface area contributed by atoms with E-state index >= 15 is 0 Å². The molecule has 0 bridgehead atoms. The monoisotopic (exact) mass is 310 g/mol. The number of halogens is 1. The second-order valence-corrected chi connectivity index (χ2v) is 5.70. The predicted octanol–water partition coefficient (Wildman–Crippen LogP) is 2.63. The van der Waals surface area contributed by atoms with E-state index in [1.807, 2.05) is 6.92 Å². The van der Waals surface area contributed by atoms with Crippen molar-refractivity contribution in [2.24, 2.45) is 0 Å². The molecule has 0 N–H and O–H groups in total. The molecule has 6 heteroatoms. The molecule has 0 fully saturated rings. The van der Waals surface area contributed by atoms with E-state index in [9.17, 15) is 9.18 Å². The molecule has 4 rings (SSSR count). The maximum Gasteiger partial charge on any atom is 0.276 e. The maximum atomic E-state index is 13.4. The van der Waals surface area contributed by atoms with Crippen LogP contribution in [-0.4, -0.2) is 31.7 Å². The molecule has 0 saturated heterocycles. The lowest BCUT2D eigenvalue weighted by atomic mass is 9.93. The second-order valence-electron chi connectivity index (χ2n) is 5.70. The summed E-state index contributed by atoms with van der Waals surface area (Å²) in [6.45, 7) is 2.50. The number of hydrogen-bond acceptors (Lipinski definition) is 3. The van der Waals surface area contributed by atoms with E-state index in [1.54, 1.807) is 46.2 Å². The van der Waals surface area contributed by atoms with Crippen molar-refractivity contribution in [3.8, 4) is 0 Å². The minimum absolute atomic E-state index is 0.121. The molecule has 2 aromatic heterocycles. The van der Waals surface area contributed by atoms with Crippen LogP contribution < -0.4 is 0 Å². The standard InChI is InChI=1S/C17H15FN4O/c1-11-14-3-2-13(18)10-12(14)4-7-22(11)17(23)15-16-20-6-9-21(16)8-5-19-15/h2-3,5-6,8-11H,4,7H2,1H3/t11-/m0/s1. The molecule has 0 spiro atoms. The Morgan fingerprint density at radius 3 is 2.87 bits per heavy atom. The summed E-state index contributed by atoms with van der Waals surface area (Å²) in [5.74, 6) is -0.385. The fraction of sp³-hybridized carbons (Fsp3) is 0.235. The molecule has 0 unspecified atom stereocenters. The molecule has 1 aliphatic rings.